The van der Waals surface area contributed by atoms with Crippen LogP contribution in [0, 0.1) is 0 Å². The summed E-state index contributed by atoms with van der Waals surface area (Å²) >= 11 is 0. The molecule has 0 aliphatic rings. The average molecular weight is 426 g/mol. The van der Waals surface area contributed by atoms with Crippen molar-refractivity contribution in [1.82, 2.24) is 0 Å². The van der Waals surface area contributed by atoms with E-state index in [1.165, 1.54) is 0 Å². The van der Waals surface area contributed by atoms with Crippen LogP contribution < -0.4 is 0 Å². The smallest absolute Gasteiger partial charge is 0.459 e. The molecule has 1 N–H and O–H groups in total. The highest BCUT2D eigenvalue weighted by molar-refractivity contribution is 7.47. The maximum atomic E-state index is 12.6. The maximum absolute atomic E-state index is 12.6. The topological polar surface area (TPSA) is 82.1 Å². The first kappa shape index (κ1) is 21.9. The minimum Gasteiger partial charge on any atom is -0.459 e. The number of carbonyl (C=O) groups is 1. The summed E-state index contributed by atoms with van der Waals surface area (Å²) in [5.41, 5.74) is 2.28. The van der Waals surface area contributed by atoms with Crippen LogP contribution >= 0.6 is 7.82 Å². The fraction of sp³-hybridized carbons (Fsp3) is 0.174. The van der Waals surface area contributed by atoms with Crippen LogP contribution in [0.25, 0.3) is 0 Å². The van der Waals surface area contributed by atoms with Gasteiger partial charge in [-0.15, -0.1) is 0 Å². The Kier molecular flexibility index (Phi) is 7.94. The number of benzene rings is 3. The van der Waals surface area contributed by atoms with Gasteiger partial charge in [-0.1, -0.05) is 91.0 Å². The van der Waals surface area contributed by atoms with Gasteiger partial charge in [0.25, 0.3) is 0 Å². The Labute approximate surface area is 175 Å². The first-order valence-electron chi connectivity index (χ1n) is 9.46. The van der Waals surface area contributed by atoms with Gasteiger partial charge in [-0.2, -0.15) is 0 Å². The molecule has 0 spiro atoms. The van der Waals surface area contributed by atoms with E-state index in [4.69, 9.17) is 13.8 Å². The molecular formula is C23H23O6P. The molecule has 3 aromatic carbocycles. The molecule has 0 saturated heterocycles. The lowest BCUT2D eigenvalue weighted by Gasteiger charge is -2.20. The fourth-order valence-corrected chi connectivity index (χ4v) is 3.59. The van der Waals surface area contributed by atoms with E-state index >= 15 is 0 Å². The lowest BCUT2D eigenvalue weighted by atomic mass is 10.1. The first-order valence-corrected chi connectivity index (χ1v) is 11.0. The number of phosphoric ester groups is 1. The van der Waals surface area contributed by atoms with E-state index in [1.807, 2.05) is 54.6 Å². The van der Waals surface area contributed by atoms with Gasteiger partial charge in [0.1, 0.15) is 6.61 Å². The van der Waals surface area contributed by atoms with Crippen LogP contribution in [0.2, 0.25) is 0 Å². The Morgan fingerprint density at radius 2 is 1.23 bits per heavy atom. The summed E-state index contributed by atoms with van der Waals surface area (Å²) in [5.74, 6) is -0.736. The van der Waals surface area contributed by atoms with Crippen molar-refractivity contribution in [3.05, 3.63) is 108 Å². The molecule has 0 bridgehead atoms. The van der Waals surface area contributed by atoms with Crippen molar-refractivity contribution in [2.45, 2.75) is 25.7 Å². The van der Waals surface area contributed by atoms with Crippen molar-refractivity contribution in [1.29, 1.82) is 0 Å². The van der Waals surface area contributed by atoms with E-state index in [1.54, 1.807) is 36.4 Å². The van der Waals surface area contributed by atoms with Crippen LogP contribution in [-0.2, 0) is 42.8 Å². The third kappa shape index (κ3) is 7.25. The monoisotopic (exact) mass is 426 g/mol. The summed E-state index contributed by atoms with van der Waals surface area (Å²) in [5, 5.41) is 0. The van der Waals surface area contributed by atoms with Crippen LogP contribution in [0.1, 0.15) is 16.7 Å². The second kappa shape index (κ2) is 10.9. The zero-order valence-electron chi connectivity index (χ0n) is 16.3. The molecule has 0 fully saturated rings. The zero-order valence-corrected chi connectivity index (χ0v) is 17.2. The van der Waals surface area contributed by atoms with Crippen molar-refractivity contribution >= 4 is 13.8 Å². The molecule has 30 heavy (non-hydrogen) atoms. The molecule has 7 heteroatoms. The standard InChI is InChI=1S/C23H23O6P/c24-23(27-17-20-12-6-2-7-13-20)22(16-19-10-4-1-5-11-19)29-30(25,26)28-18-21-14-8-3-9-15-21/h1-15,22H,16-18H2,(H,25,26)/t22-/m0/s1. The van der Waals surface area contributed by atoms with E-state index in [0.29, 0.717) is 5.56 Å². The Balaban J connectivity index is 1.66. The van der Waals surface area contributed by atoms with Crippen molar-refractivity contribution in [2.24, 2.45) is 0 Å². The minimum atomic E-state index is -4.50. The molecule has 3 aromatic rings. The van der Waals surface area contributed by atoms with E-state index in [2.05, 4.69) is 0 Å². The Bertz CT molecular complexity index is 963. The maximum Gasteiger partial charge on any atom is 0.473 e. The zero-order chi connectivity index (χ0) is 21.2. The average Bonchev–Trinajstić information content (AvgIpc) is 2.78. The van der Waals surface area contributed by atoms with Crippen LogP contribution in [0.3, 0.4) is 0 Å². The summed E-state index contributed by atoms with van der Waals surface area (Å²) in [7, 11) is -4.50. The summed E-state index contributed by atoms with van der Waals surface area (Å²) in [4.78, 5) is 22.8. The van der Waals surface area contributed by atoms with Gasteiger partial charge >= 0.3 is 13.8 Å². The normalized spacial score (nSPS) is 13.9. The molecule has 0 aliphatic heterocycles. The Hall–Kier alpha value is -2.76. The number of hydrogen-bond acceptors (Lipinski definition) is 5. The highest BCUT2D eigenvalue weighted by Gasteiger charge is 2.32. The van der Waals surface area contributed by atoms with Crippen LogP contribution in [0.15, 0.2) is 91.0 Å². The molecule has 0 amide bonds. The summed E-state index contributed by atoms with van der Waals surface area (Å²) in [6.45, 7) is -0.0827. The summed E-state index contributed by atoms with van der Waals surface area (Å²) in [6.07, 6.45) is -1.21. The highest BCUT2D eigenvalue weighted by Crippen LogP contribution is 2.46. The number of ether oxygens (including phenoxy) is 1. The molecule has 1 unspecified atom stereocenters. The van der Waals surface area contributed by atoms with E-state index in [9.17, 15) is 14.3 Å². The third-order valence-electron chi connectivity index (χ3n) is 4.25. The van der Waals surface area contributed by atoms with Gasteiger partial charge in [0.2, 0.25) is 0 Å². The van der Waals surface area contributed by atoms with Crippen molar-refractivity contribution in [3.8, 4) is 0 Å². The van der Waals surface area contributed by atoms with E-state index < -0.39 is 19.9 Å². The third-order valence-corrected chi connectivity index (χ3v) is 5.22. The molecule has 6 nitrogen and oxygen atoms in total. The van der Waals surface area contributed by atoms with Gasteiger partial charge in [0.15, 0.2) is 6.10 Å². The van der Waals surface area contributed by atoms with Crippen LogP contribution in [-0.4, -0.2) is 17.0 Å². The molecule has 0 radical (unpaired) electrons. The fourth-order valence-electron chi connectivity index (χ4n) is 2.74. The number of esters is 1. The van der Waals surface area contributed by atoms with E-state index in [0.717, 1.165) is 11.1 Å². The predicted octanol–water partition coefficient (Wildman–Crippen LogP) is 4.67. The highest BCUT2D eigenvalue weighted by atomic mass is 31.2. The minimum absolute atomic E-state index is 0.0366. The van der Waals surface area contributed by atoms with Gasteiger partial charge in [-0.3, -0.25) is 9.05 Å². The van der Waals surface area contributed by atoms with Crippen LogP contribution in [0.4, 0.5) is 0 Å². The lowest BCUT2D eigenvalue weighted by Crippen LogP contribution is -2.28. The SMILES string of the molecule is O=C(OCc1ccccc1)[C@H](Cc1ccccc1)OP(=O)(O)OCc1ccccc1. The molecular weight excluding hydrogens is 403 g/mol. The number of carbonyl (C=O) groups excluding carboxylic acids is 1. The largest absolute Gasteiger partial charge is 0.473 e. The molecule has 156 valence electrons. The van der Waals surface area contributed by atoms with E-state index in [-0.39, 0.29) is 19.6 Å². The molecule has 0 aliphatic carbocycles. The lowest BCUT2D eigenvalue weighted by molar-refractivity contribution is -0.154. The summed E-state index contributed by atoms with van der Waals surface area (Å²) in [6, 6.07) is 27.2. The molecule has 3 rings (SSSR count). The van der Waals surface area contributed by atoms with Gasteiger partial charge in [0, 0.05) is 6.42 Å². The predicted molar refractivity (Wildman–Crippen MR) is 112 cm³/mol. The molecule has 2 atom stereocenters. The van der Waals surface area contributed by atoms with Crippen molar-refractivity contribution < 1.29 is 28.0 Å². The second-order valence-corrected chi connectivity index (χ2v) is 8.01. The number of rotatable bonds is 10. The second-order valence-electron chi connectivity index (χ2n) is 6.60. The Morgan fingerprint density at radius 1 is 0.767 bits per heavy atom. The first-order chi connectivity index (χ1) is 14.5. The van der Waals surface area contributed by atoms with Crippen LogP contribution in [0.5, 0.6) is 0 Å². The Morgan fingerprint density at radius 3 is 1.77 bits per heavy atom. The van der Waals surface area contributed by atoms with Crippen molar-refractivity contribution in [3.63, 3.8) is 0 Å². The van der Waals surface area contributed by atoms with Crippen molar-refractivity contribution in [2.75, 3.05) is 0 Å². The van der Waals surface area contributed by atoms with Gasteiger partial charge in [-0.25, -0.2) is 9.36 Å². The molecule has 0 heterocycles. The molecule has 0 aromatic heterocycles. The number of hydrogen-bond donors (Lipinski definition) is 1. The van der Waals surface area contributed by atoms with Gasteiger partial charge in [0.05, 0.1) is 6.61 Å². The summed E-state index contributed by atoms with van der Waals surface area (Å²) < 4.78 is 28.1. The van der Waals surface area contributed by atoms with Gasteiger partial charge < -0.3 is 9.63 Å². The molecule has 0 saturated carbocycles. The quantitative estimate of drug-likeness (QED) is 0.375. The number of phosphoric acid groups is 1. The van der Waals surface area contributed by atoms with Gasteiger partial charge in [-0.05, 0) is 16.7 Å².